The van der Waals surface area contributed by atoms with E-state index in [0.29, 0.717) is 12.5 Å². The molecule has 236 valence electrons. The van der Waals surface area contributed by atoms with E-state index in [0.717, 1.165) is 0 Å². The third kappa shape index (κ3) is 48.8. The predicted molar refractivity (Wildman–Crippen MR) is 162 cm³/mol. The summed E-state index contributed by atoms with van der Waals surface area (Å²) < 4.78 is 57.1. The molecule has 0 unspecified atom stereocenters. The molecular formula is C28H66N2O6S2. The minimum atomic E-state index is -3.92. The molecule has 0 rings (SSSR count). The van der Waals surface area contributed by atoms with Gasteiger partial charge in [-0.2, -0.15) is 0 Å². The Morgan fingerprint density at radius 1 is 0.421 bits per heavy atom. The van der Waals surface area contributed by atoms with E-state index in [9.17, 15) is 0 Å². The number of unbranched alkanes of at least 4 members (excludes halogenated alkanes) is 6. The molecular weight excluding hydrogens is 524 g/mol. The van der Waals surface area contributed by atoms with Gasteiger partial charge in [0.25, 0.3) is 0 Å². The zero-order valence-electron chi connectivity index (χ0n) is 26.9. The second-order valence-corrected chi connectivity index (χ2v) is 13.9. The summed E-state index contributed by atoms with van der Waals surface area (Å²) in [4.78, 5) is 0. The first-order valence-corrected chi connectivity index (χ1v) is 18.5. The van der Waals surface area contributed by atoms with Crippen LogP contribution in [-0.2, 0) is 20.2 Å². The van der Waals surface area contributed by atoms with Crippen molar-refractivity contribution < 1.29 is 34.9 Å². The van der Waals surface area contributed by atoms with E-state index in [1.54, 1.807) is 0 Å². The van der Waals surface area contributed by atoms with Gasteiger partial charge in [0.2, 0.25) is 0 Å². The highest BCUT2D eigenvalue weighted by Crippen LogP contribution is 2.11. The van der Waals surface area contributed by atoms with Crippen molar-refractivity contribution in [1.29, 1.82) is 0 Å². The fourth-order valence-corrected chi connectivity index (χ4v) is 3.91. The van der Waals surface area contributed by atoms with Crippen molar-refractivity contribution in [2.45, 2.75) is 119 Å². The van der Waals surface area contributed by atoms with Crippen LogP contribution < -0.4 is 0 Å². The molecule has 0 aliphatic rings. The normalized spacial score (nSPS) is 11.9. The highest BCUT2D eigenvalue weighted by Gasteiger charge is 2.19. The third-order valence-corrected chi connectivity index (χ3v) is 6.31. The quantitative estimate of drug-likeness (QED) is 0.143. The number of nitrogens with zero attached hydrogens (tertiary/aromatic N) is 2. The standard InChI is InChI=1S/2C13H30N.2CH4O3S/c2*1-5-8-11-14(4,12-9-6-2)13-10-7-3;2*1-5(2,3)4/h2*5-13H2,1-4H3;2*1H3,(H,2,3,4)/q2*+1;;/p-2. The van der Waals surface area contributed by atoms with Crippen LogP contribution in [0.25, 0.3) is 0 Å². The van der Waals surface area contributed by atoms with Crippen LogP contribution in [0.5, 0.6) is 0 Å². The fraction of sp³-hybridized carbons (Fsp3) is 1.00. The second-order valence-electron chi connectivity index (χ2n) is 11.1. The Morgan fingerprint density at radius 2 is 0.526 bits per heavy atom. The largest absolute Gasteiger partial charge is 0.748 e. The lowest BCUT2D eigenvalue weighted by atomic mass is 10.2. The van der Waals surface area contributed by atoms with Crippen molar-refractivity contribution in [3.63, 3.8) is 0 Å². The number of hydrogen-bond donors (Lipinski definition) is 0. The van der Waals surface area contributed by atoms with Crippen molar-refractivity contribution in [3.05, 3.63) is 0 Å². The van der Waals surface area contributed by atoms with Gasteiger partial charge in [-0.25, -0.2) is 16.8 Å². The fourth-order valence-electron chi connectivity index (χ4n) is 3.91. The minimum absolute atomic E-state index is 0.604. The number of rotatable bonds is 18. The summed E-state index contributed by atoms with van der Waals surface area (Å²) in [5, 5.41) is 0. The zero-order valence-corrected chi connectivity index (χ0v) is 28.5. The summed E-state index contributed by atoms with van der Waals surface area (Å²) in [5.74, 6) is 0. The van der Waals surface area contributed by atoms with Crippen molar-refractivity contribution in [1.82, 2.24) is 0 Å². The van der Waals surface area contributed by atoms with Crippen LogP contribution in [0.15, 0.2) is 0 Å². The van der Waals surface area contributed by atoms with Gasteiger partial charge in [-0.1, -0.05) is 80.1 Å². The summed E-state index contributed by atoms with van der Waals surface area (Å²) in [6.45, 7) is 22.1. The van der Waals surface area contributed by atoms with Crippen LogP contribution in [0.1, 0.15) is 119 Å². The lowest BCUT2D eigenvalue weighted by Gasteiger charge is -2.34. The Labute approximate surface area is 239 Å². The van der Waals surface area contributed by atoms with Crippen molar-refractivity contribution in [2.24, 2.45) is 0 Å². The molecule has 0 saturated heterocycles. The van der Waals surface area contributed by atoms with Gasteiger partial charge < -0.3 is 18.1 Å². The van der Waals surface area contributed by atoms with Gasteiger partial charge in [-0.05, 0) is 38.5 Å². The SMILES string of the molecule is CCCC[N+](C)(CCCC)CCCC.CCCC[N+](C)(CCCC)CCCC.CS(=O)(=O)[O-].CS(=O)(=O)[O-]. The van der Waals surface area contributed by atoms with Crippen LogP contribution in [0, 0.1) is 0 Å². The molecule has 0 fully saturated rings. The number of hydrogen-bond acceptors (Lipinski definition) is 6. The summed E-state index contributed by atoms with van der Waals surface area (Å²) in [6.07, 6.45) is 17.6. The Bertz CT molecular complexity index is 579. The molecule has 0 N–H and O–H groups in total. The minimum Gasteiger partial charge on any atom is -0.748 e. The van der Waals surface area contributed by atoms with Crippen LogP contribution in [0.2, 0.25) is 0 Å². The summed E-state index contributed by atoms with van der Waals surface area (Å²) in [7, 11) is -2.94. The third-order valence-electron chi connectivity index (χ3n) is 6.31. The Kier molecular flexibility index (Phi) is 31.7. The van der Waals surface area contributed by atoms with E-state index < -0.39 is 20.2 Å². The van der Waals surface area contributed by atoms with E-state index in [1.165, 1.54) is 125 Å². The van der Waals surface area contributed by atoms with Crippen molar-refractivity contribution in [2.75, 3.05) is 65.9 Å². The van der Waals surface area contributed by atoms with Crippen molar-refractivity contribution >= 4 is 20.2 Å². The van der Waals surface area contributed by atoms with Crippen molar-refractivity contribution in [3.8, 4) is 0 Å². The molecule has 0 radical (unpaired) electrons. The van der Waals surface area contributed by atoms with E-state index in [1.807, 2.05) is 0 Å². The topological polar surface area (TPSA) is 114 Å². The molecule has 0 heterocycles. The van der Waals surface area contributed by atoms with E-state index in [-0.39, 0.29) is 0 Å². The van der Waals surface area contributed by atoms with E-state index in [2.05, 4.69) is 55.6 Å². The zero-order chi connectivity index (χ0) is 30.7. The predicted octanol–water partition coefficient (Wildman–Crippen LogP) is 5.99. The molecule has 8 nitrogen and oxygen atoms in total. The first-order chi connectivity index (χ1) is 17.4. The molecule has 0 amide bonds. The lowest BCUT2D eigenvalue weighted by molar-refractivity contribution is -0.910. The Morgan fingerprint density at radius 3 is 0.605 bits per heavy atom. The van der Waals surface area contributed by atoms with Gasteiger partial charge in [0.05, 0.1) is 73.6 Å². The van der Waals surface area contributed by atoms with Gasteiger partial charge in [0.15, 0.2) is 0 Å². The maximum atomic E-state index is 9.08. The highest BCUT2D eigenvalue weighted by atomic mass is 32.2. The highest BCUT2D eigenvalue weighted by molar-refractivity contribution is 7.85. The summed E-state index contributed by atoms with van der Waals surface area (Å²) in [5.41, 5.74) is 0. The second kappa shape index (κ2) is 26.9. The molecule has 0 saturated carbocycles. The van der Waals surface area contributed by atoms with Crippen LogP contribution in [0.3, 0.4) is 0 Å². The molecule has 0 aromatic heterocycles. The van der Waals surface area contributed by atoms with Gasteiger partial charge >= 0.3 is 0 Å². The first-order valence-electron chi connectivity index (χ1n) is 14.9. The van der Waals surface area contributed by atoms with Gasteiger partial charge in [-0.15, -0.1) is 0 Å². The summed E-state index contributed by atoms with van der Waals surface area (Å²) in [6, 6.07) is 0. The molecule has 0 aromatic carbocycles. The average Bonchev–Trinajstić information content (AvgIpc) is 2.80. The Balaban J connectivity index is -0.000000225. The summed E-state index contributed by atoms with van der Waals surface area (Å²) >= 11 is 0. The van der Waals surface area contributed by atoms with Gasteiger partial charge in [0, 0.05) is 12.5 Å². The smallest absolute Gasteiger partial charge is 0.0916 e. The molecule has 0 aliphatic carbocycles. The lowest BCUT2D eigenvalue weighted by Crippen LogP contribution is -2.46. The molecule has 0 aromatic rings. The molecule has 38 heavy (non-hydrogen) atoms. The molecule has 0 atom stereocenters. The molecule has 0 spiro atoms. The van der Waals surface area contributed by atoms with E-state index >= 15 is 0 Å². The molecule has 0 aliphatic heterocycles. The average molecular weight is 591 g/mol. The van der Waals surface area contributed by atoms with Crippen LogP contribution >= 0.6 is 0 Å². The van der Waals surface area contributed by atoms with Crippen LogP contribution in [0.4, 0.5) is 0 Å². The first kappa shape index (κ1) is 44.7. The maximum Gasteiger partial charge on any atom is 0.0916 e. The number of quaternary nitrogens is 2. The maximum absolute atomic E-state index is 9.08. The van der Waals surface area contributed by atoms with E-state index in [4.69, 9.17) is 25.9 Å². The van der Waals surface area contributed by atoms with Gasteiger partial charge in [0.1, 0.15) is 0 Å². The Hall–Kier alpha value is -0.260. The molecule has 10 heteroatoms. The molecule has 0 bridgehead atoms. The monoisotopic (exact) mass is 590 g/mol. The van der Waals surface area contributed by atoms with Gasteiger partial charge in [-0.3, -0.25) is 0 Å². The van der Waals surface area contributed by atoms with Crippen LogP contribution in [-0.4, -0.2) is 101 Å².